The minimum absolute atomic E-state index is 0.0995. The quantitative estimate of drug-likeness (QED) is 0.202. The molecular weight excluding hydrogens is 547 g/mol. The lowest BCUT2D eigenvalue weighted by Gasteiger charge is -2.31. The van der Waals surface area contributed by atoms with Crippen LogP contribution in [0.15, 0.2) is 34.7 Å². The Kier molecular flexibility index (Phi) is 8.79. The van der Waals surface area contributed by atoms with Crippen LogP contribution >= 0.6 is 34.4 Å². The Hall–Kier alpha value is -1.48. The molecule has 0 radical (unpaired) electrons. The third-order valence-corrected chi connectivity index (χ3v) is 8.34. The van der Waals surface area contributed by atoms with Gasteiger partial charge in [0.1, 0.15) is 6.61 Å². The van der Waals surface area contributed by atoms with Gasteiger partial charge in [-0.3, -0.25) is 14.7 Å². The topological polar surface area (TPSA) is 51.1 Å². The van der Waals surface area contributed by atoms with Crippen molar-refractivity contribution in [3.8, 4) is 11.5 Å². The summed E-state index contributed by atoms with van der Waals surface area (Å²) in [7, 11) is 1.64. The van der Waals surface area contributed by atoms with E-state index in [-0.39, 0.29) is 11.9 Å². The second-order valence-electron chi connectivity index (χ2n) is 8.91. The standard InChI is InChI=1S/C26H33IN2O3S/c1-3-14-32-24-21(27)15-18(16-22(24)31-2)17-23-25(30)29(20-12-8-5-9-13-20)26(33-23)28-19-10-6-4-7-11-19/h3,15-17,19-20H,1,4-14H2,2H3. The molecule has 178 valence electrons. The zero-order valence-electron chi connectivity index (χ0n) is 19.4. The van der Waals surface area contributed by atoms with Crippen LogP contribution in [0, 0.1) is 3.57 Å². The fraction of sp³-hybridized carbons (Fsp3) is 0.538. The molecule has 1 aromatic rings. The van der Waals surface area contributed by atoms with Crippen molar-refractivity contribution in [1.29, 1.82) is 0 Å². The Balaban J connectivity index is 1.64. The van der Waals surface area contributed by atoms with Gasteiger partial charge in [-0.25, -0.2) is 0 Å². The van der Waals surface area contributed by atoms with Gasteiger partial charge >= 0.3 is 0 Å². The summed E-state index contributed by atoms with van der Waals surface area (Å²) < 4.78 is 12.3. The summed E-state index contributed by atoms with van der Waals surface area (Å²) in [5.74, 6) is 1.46. The molecule has 33 heavy (non-hydrogen) atoms. The van der Waals surface area contributed by atoms with E-state index in [1.54, 1.807) is 24.9 Å². The van der Waals surface area contributed by atoms with Gasteiger partial charge in [0, 0.05) is 6.04 Å². The fourth-order valence-electron chi connectivity index (χ4n) is 4.86. The van der Waals surface area contributed by atoms with Crippen molar-refractivity contribution in [2.24, 2.45) is 4.99 Å². The Morgan fingerprint density at radius 1 is 1.15 bits per heavy atom. The van der Waals surface area contributed by atoms with Crippen LogP contribution in [0.3, 0.4) is 0 Å². The molecule has 1 aliphatic heterocycles. The van der Waals surface area contributed by atoms with Gasteiger partial charge in [0.15, 0.2) is 16.7 Å². The number of halogens is 1. The number of hydrogen-bond donors (Lipinski definition) is 0. The first kappa shape index (κ1) is 24.6. The minimum atomic E-state index is 0.0995. The molecule has 0 spiro atoms. The van der Waals surface area contributed by atoms with Crippen LogP contribution in [-0.4, -0.2) is 41.8 Å². The van der Waals surface area contributed by atoms with Crippen LogP contribution in [0.2, 0.25) is 0 Å². The number of nitrogens with zero attached hydrogens (tertiary/aromatic N) is 2. The van der Waals surface area contributed by atoms with Crippen LogP contribution in [0.25, 0.3) is 6.08 Å². The highest BCUT2D eigenvalue weighted by Gasteiger charge is 2.39. The largest absolute Gasteiger partial charge is 0.493 e. The lowest BCUT2D eigenvalue weighted by Crippen LogP contribution is -2.41. The first-order valence-electron chi connectivity index (χ1n) is 12.0. The zero-order chi connectivity index (χ0) is 23.2. The predicted octanol–water partition coefficient (Wildman–Crippen LogP) is 6.80. The van der Waals surface area contributed by atoms with E-state index in [1.807, 2.05) is 23.1 Å². The van der Waals surface area contributed by atoms with E-state index in [1.165, 1.54) is 38.5 Å². The SMILES string of the molecule is C=CCOc1c(I)cc(C=C2SC(=NC3CCCCC3)N(C3CCCCC3)C2=O)cc1OC. The average Bonchev–Trinajstić information content (AvgIpc) is 3.13. The van der Waals surface area contributed by atoms with E-state index in [9.17, 15) is 4.79 Å². The highest BCUT2D eigenvalue weighted by Crippen LogP contribution is 2.40. The fourth-order valence-corrected chi connectivity index (χ4v) is 6.75. The number of ether oxygens (including phenoxy) is 2. The van der Waals surface area contributed by atoms with Gasteiger partial charge in [-0.2, -0.15) is 0 Å². The predicted molar refractivity (Wildman–Crippen MR) is 145 cm³/mol. The monoisotopic (exact) mass is 580 g/mol. The Labute approximate surface area is 215 Å². The van der Waals surface area contributed by atoms with E-state index in [0.717, 1.165) is 44.9 Å². The summed E-state index contributed by atoms with van der Waals surface area (Å²) in [6.45, 7) is 4.13. The van der Waals surface area contributed by atoms with E-state index in [0.29, 0.717) is 24.1 Å². The smallest absolute Gasteiger partial charge is 0.266 e. The van der Waals surface area contributed by atoms with Gasteiger partial charge in [0.25, 0.3) is 5.91 Å². The number of carbonyl (C=O) groups excluding carboxylic acids is 1. The van der Waals surface area contributed by atoms with E-state index >= 15 is 0 Å². The van der Waals surface area contributed by atoms with Gasteiger partial charge in [-0.05, 0) is 83.8 Å². The van der Waals surface area contributed by atoms with Crippen LogP contribution in [-0.2, 0) is 4.79 Å². The number of rotatable bonds is 7. The highest BCUT2D eigenvalue weighted by atomic mass is 127. The van der Waals surface area contributed by atoms with Crippen molar-refractivity contribution in [3.05, 3.63) is 38.8 Å². The Morgan fingerprint density at radius 3 is 2.52 bits per heavy atom. The lowest BCUT2D eigenvalue weighted by atomic mass is 9.94. The number of thioether (sulfide) groups is 1. The van der Waals surface area contributed by atoms with E-state index in [2.05, 4.69) is 29.2 Å². The summed E-state index contributed by atoms with van der Waals surface area (Å²) >= 11 is 3.80. The van der Waals surface area contributed by atoms with Gasteiger partial charge in [-0.1, -0.05) is 51.2 Å². The summed E-state index contributed by atoms with van der Waals surface area (Å²) in [4.78, 5) is 21.5. The first-order valence-corrected chi connectivity index (χ1v) is 13.9. The van der Waals surface area contributed by atoms with Crippen LogP contribution in [0.5, 0.6) is 11.5 Å². The molecule has 1 amide bonds. The maximum absolute atomic E-state index is 13.6. The Morgan fingerprint density at radius 2 is 1.85 bits per heavy atom. The Bertz CT molecular complexity index is 934. The van der Waals surface area contributed by atoms with Crippen molar-refractivity contribution < 1.29 is 14.3 Å². The van der Waals surface area contributed by atoms with E-state index in [4.69, 9.17) is 14.5 Å². The van der Waals surface area contributed by atoms with Crippen molar-refractivity contribution in [2.75, 3.05) is 13.7 Å². The summed E-state index contributed by atoms with van der Waals surface area (Å²) in [6, 6.07) is 4.59. The molecule has 0 N–H and O–H groups in total. The summed E-state index contributed by atoms with van der Waals surface area (Å²) in [5, 5.41) is 0.914. The minimum Gasteiger partial charge on any atom is -0.493 e. The highest BCUT2D eigenvalue weighted by molar-refractivity contribution is 14.1. The van der Waals surface area contributed by atoms with Crippen molar-refractivity contribution in [1.82, 2.24) is 4.90 Å². The maximum atomic E-state index is 13.6. The van der Waals surface area contributed by atoms with Crippen molar-refractivity contribution >= 4 is 51.5 Å². The summed E-state index contributed by atoms with van der Waals surface area (Å²) in [5.41, 5.74) is 0.931. The molecule has 4 rings (SSSR count). The lowest BCUT2D eigenvalue weighted by molar-refractivity contribution is -0.124. The second-order valence-corrected chi connectivity index (χ2v) is 11.1. The molecule has 3 aliphatic rings. The van der Waals surface area contributed by atoms with Crippen molar-refractivity contribution in [3.63, 3.8) is 0 Å². The van der Waals surface area contributed by atoms with E-state index < -0.39 is 0 Å². The summed E-state index contributed by atoms with van der Waals surface area (Å²) in [6.07, 6.45) is 15.5. The first-order chi connectivity index (χ1) is 16.1. The second kappa shape index (κ2) is 11.8. The van der Waals surface area contributed by atoms with Crippen LogP contribution < -0.4 is 9.47 Å². The molecule has 1 heterocycles. The molecule has 0 unspecified atom stereocenters. The van der Waals surface area contributed by atoms with Gasteiger partial charge in [0.2, 0.25) is 0 Å². The van der Waals surface area contributed by atoms with Gasteiger partial charge in [0.05, 0.1) is 21.6 Å². The molecule has 0 aromatic heterocycles. The van der Waals surface area contributed by atoms with Crippen LogP contribution in [0.1, 0.15) is 69.8 Å². The molecule has 0 atom stereocenters. The third-order valence-electron chi connectivity index (χ3n) is 6.54. The molecule has 5 nitrogen and oxygen atoms in total. The number of amides is 1. The molecule has 1 aromatic carbocycles. The molecule has 2 saturated carbocycles. The zero-order valence-corrected chi connectivity index (χ0v) is 22.3. The number of methoxy groups -OCH3 is 1. The van der Waals surface area contributed by atoms with Gasteiger partial charge < -0.3 is 9.47 Å². The normalized spacial score (nSPS) is 22.8. The van der Waals surface area contributed by atoms with Crippen LogP contribution in [0.4, 0.5) is 0 Å². The molecule has 3 fully saturated rings. The number of carbonyl (C=O) groups is 1. The number of aliphatic imine (C=N–C) groups is 1. The molecular formula is C26H33IN2O3S. The average molecular weight is 581 g/mol. The molecule has 0 bridgehead atoms. The number of benzene rings is 1. The molecule has 1 saturated heterocycles. The van der Waals surface area contributed by atoms with Crippen molar-refractivity contribution in [2.45, 2.75) is 76.3 Å². The third kappa shape index (κ3) is 5.96. The number of hydrogen-bond acceptors (Lipinski definition) is 5. The molecule has 7 heteroatoms. The van der Waals surface area contributed by atoms with Gasteiger partial charge in [-0.15, -0.1) is 0 Å². The number of amidine groups is 1. The maximum Gasteiger partial charge on any atom is 0.266 e. The molecule has 2 aliphatic carbocycles.